The fourth-order valence-electron chi connectivity index (χ4n) is 1.89. The first kappa shape index (κ1) is 16.5. The zero-order valence-corrected chi connectivity index (χ0v) is 13.1. The second kappa shape index (κ2) is 7.40. The molecule has 0 unspecified atom stereocenters. The van der Waals surface area contributed by atoms with Crippen LogP contribution in [0.15, 0.2) is 42.6 Å². The molecule has 0 aliphatic carbocycles. The number of carbonyl (C=O) groups is 2. The third-order valence-electron chi connectivity index (χ3n) is 3.21. The number of carbonyl (C=O) groups excluding carboxylic acids is 2. The van der Waals surface area contributed by atoms with Crippen molar-refractivity contribution >= 4 is 11.8 Å². The van der Waals surface area contributed by atoms with Crippen molar-refractivity contribution in [2.75, 3.05) is 14.2 Å². The maximum atomic E-state index is 12.3. The molecule has 0 bridgehead atoms. The number of aromatic nitrogens is 1. The van der Waals surface area contributed by atoms with Crippen LogP contribution in [0.2, 0.25) is 0 Å². The lowest BCUT2D eigenvalue weighted by Gasteiger charge is -2.12. The van der Waals surface area contributed by atoms with E-state index >= 15 is 0 Å². The molecule has 1 aromatic heterocycles. The van der Waals surface area contributed by atoms with Crippen LogP contribution in [0.3, 0.4) is 0 Å². The summed E-state index contributed by atoms with van der Waals surface area (Å²) in [5.74, 6) is 0.136. The number of nitrogens with zero attached hydrogens (tertiary/aromatic N) is 1. The van der Waals surface area contributed by atoms with E-state index in [1.165, 1.54) is 26.3 Å². The highest BCUT2D eigenvalue weighted by Crippen LogP contribution is 2.15. The van der Waals surface area contributed by atoms with E-state index in [0.29, 0.717) is 17.2 Å². The van der Waals surface area contributed by atoms with Gasteiger partial charge in [-0.15, -0.1) is 0 Å². The standard InChI is InChI=1S/C17H17NO5/c1-11(16(19)12-4-7-14(21-2)8-5-12)23-17(20)13-6-9-15(22-3)18-10-13/h4-11H,1-3H3/t11-/m0/s1. The Kier molecular flexibility index (Phi) is 5.30. The molecule has 23 heavy (non-hydrogen) atoms. The van der Waals surface area contributed by atoms with Crippen molar-refractivity contribution in [2.45, 2.75) is 13.0 Å². The summed E-state index contributed by atoms with van der Waals surface area (Å²) in [5.41, 5.74) is 0.694. The first-order valence-corrected chi connectivity index (χ1v) is 6.94. The summed E-state index contributed by atoms with van der Waals surface area (Å²) >= 11 is 0. The van der Waals surface area contributed by atoms with Crippen LogP contribution in [-0.4, -0.2) is 37.1 Å². The Hall–Kier alpha value is -2.89. The Morgan fingerprint density at radius 1 is 0.957 bits per heavy atom. The largest absolute Gasteiger partial charge is 0.497 e. The second-order valence-corrected chi connectivity index (χ2v) is 4.73. The topological polar surface area (TPSA) is 74.7 Å². The van der Waals surface area contributed by atoms with Gasteiger partial charge in [-0.3, -0.25) is 4.79 Å². The summed E-state index contributed by atoms with van der Waals surface area (Å²) in [7, 11) is 3.03. The molecule has 1 aromatic carbocycles. The molecular formula is C17H17NO5. The summed E-state index contributed by atoms with van der Waals surface area (Å²) in [6.45, 7) is 1.53. The molecule has 2 aromatic rings. The number of benzene rings is 1. The van der Waals surface area contributed by atoms with Crippen LogP contribution in [-0.2, 0) is 4.74 Å². The number of rotatable bonds is 6. The highest BCUT2D eigenvalue weighted by Gasteiger charge is 2.20. The molecule has 0 saturated carbocycles. The zero-order chi connectivity index (χ0) is 16.8. The fraction of sp³-hybridized carbons (Fsp3) is 0.235. The van der Waals surface area contributed by atoms with E-state index in [1.807, 2.05) is 0 Å². The van der Waals surface area contributed by atoms with Gasteiger partial charge in [0.25, 0.3) is 0 Å². The van der Waals surface area contributed by atoms with Gasteiger partial charge in [0.2, 0.25) is 11.7 Å². The predicted molar refractivity (Wildman–Crippen MR) is 83.0 cm³/mol. The highest BCUT2D eigenvalue weighted by atomic mass is 16.5. The van der Waals surface area contributed by atoms with Gasteiger partial charge in [-0.1, -0.05) is 0 Å². The maximum Gasteiger partial charge on any atom is 0.340 e. The van der Waals surface area contributed by atoms with E-state index in [9.17, 15) is 9.59 Å². The monoisotopic (exact) mass is 315 g/mol. The number of Topliss-reactive ketones (excluding diaryl/α,β-unsaturated/α-hetero) is 1. The maximum absolute atomic E-state index is 12.3. The third-order valence-corrected chi connectivity index (χ3v) is 3.21. The minimum Gasteiger partial charge on any atom is -0.497 e. The Balaban J connectivity index is 2.02. The average Bonchev–Trinajstić information content (AvgIpc) is 2.61. The van der Waals surface area contributed by atoms with Crippen LogP contribution in [0.25, 0.3) is 0 Å². The number of hydrogen-bond donors (Lipinski definition) is 0. The van der Waals surface area contributed by atoms with Gasteiger partial charge in [0.1, 0.15) is 5.75 Å². The van der Waals surface area contributed by atoms with Crippen LogP contribution < -0.4 is 9.47 Å². The lowest BCUT2D eigenvalue weighted by Crippen LogP contribution is -2.24. The smallest absolute Gasteiger partial charge is 0.340 e. The number of ketones is 1. The summed E-state index contributed by atoms with van der Waals surface area (Å²) in [6.07, 6.45) is 0.434. The van der Waals surface area contributed by atoms with Crippen LogP contribution in [0.4, 0.5) is 0 Å². The molecule has 0 aliphatic heterocycles. The van der Waals surface area contributed by atoms with Crippen molar-refractivity contribution in [2.24, 2.45) is 0 Å². The molecule has 0 N–H and O–H groups in total. The average molecular weight is 315 g/mol. The number of methoxy groups -OCH3 is 2. The molecule has 0 aliphatic rings. The van der Waals surface area contributed by atoms with Gasteiger partial charge in [-0.05, 0) is 37.3 Å². The summed E-state index contributed by atoms with van der Waals surface area (Å²) in [5, 5.41) is 0. The lowest BCUT2D eigenvalue weighted by atomic mass is 10.1. The summed E-state index contributed by atoms with van der Waals surface area (Å²) in [4.78, 5) is 28.2. The summed E-state index contributed by atoms with van der Waals surface area (Å²) < 4.78 is 15.1. The van der Waals surface area contributed by atoms with Crippen molar-refractivity contribution in [1.29, 1.82) is 0 Å². The van der Waals surface area contributed by atoms with E-state index < -0.39 is 12.1 Å². The van der Waals surface area contributed by atoms with Crippen molar-refractivity contribution in [3.8, 4) is 11.6 Å². The van der Waals surface area contributed by atoms with Crippen molar-refractivity contribution in [3.63, 3.8) is 0 Å². The molecular weight excluding hydrogens is 298 g/mol. The van der Waals surface area contributed by atoms with Crippen LogP contribution >= 0.6 is 0 Å². The molecule has 0 fully saturated rings. The molecule has 6 nitrogen and oxygen atoms in total. The van der Waals surface area contributed by atoms with Gasteiger partial charge in [-0.25, -0.2) is 9.78 Å². The van der Waals surface area contributed by atoms with E-state index in [1.54, 1.807) is 37.4 Å². The normalized spacial score (nSPS) is 11.4. The van der Waals surface area contributed by atoms with Crippen molar-refractivity contribution in [1.82, 2.24) is 4.98 Å². The second-order valence-electron chi connectivity index (χ2n) is 4.73. The molecule has 1 heterocycles. The minimum absolute atomic E-state index is 0.250. The van der Waals surface area contributed by atoms with Gasteiger partial charge in [0.15, 0.2) is 6.10 Å². The number of pyridine rings is 1. The number of ether oxygens (including phenoxy) is 3. The van der Waals surface area contributed by atoms with Crippen LogP contribution in [0.1, 0.15) is 27.6 Å². The molecule has 1 atom stereocenters. The lowest BCUT2D eigenvalue weighted by molar-refractivity contribution is 0.0318. The van der Waals surface area contributed by atoms with Gasteiger partial charge >= 0.3 is 5.97 Å². The molecule has 0 spiro atoms. The Bertz CT molecular complexity index is 679. The SMILES string of the molecule is COc1ccc(C(=O)[C@H](C)OC(=O)c2ccc(OC)nc2)cc1. The van der Waals surface area contributed by atoms with Gasteiger partial charge in [0, 0.05) is 17.8 Å². The predicted octanol–water partition coefficient (Wildman–Crippen LogP) is 2.53. The van der Waals surface area contributed by atoms with E-state index in [2.05, 4.69) is 4.98 Å². The highest BCUT2D eigenvalue weighted by molar-refractivity contribution is 6.01. The van der Waals surface area contributed by atoms with Crippen LogP contribution in [0, 0.1) is 0 Å². The third kappa shape index (κ3) is 4.06. The fourth-order valence-corrected chi connectivity index (χ4v) is 1.89. The zero-order valence-electron chi connectivity index (χ0n) is 13.1. The molecule has 120 valence electrons. The summed E-state index contributed by atoms with van der Waals surface area (Å²) in [6, 6.07) is 9.68. The van der Waals surface area contributed by atoms with Crippen LogP contribution in [0.5, 0.6) is 11.6 Å². The van der Waals surface area contributed by atoms with Gasteiger partial charge in [-0.2, -0.15) is 0 Å². The molecule has 0 radical (unpaired) electrons. The van der Waals surface area contributed by atoms with Gasteiger partial charge in [0.05, 0.1) is 19.8 Å². The molecule has 2 rings (SSSR count). The van der Waals surface area contributed by atoms with E-state index in [4.69, 9.17) is 14.2 Å². The number of esters is 1. The minimum atomic E-state index is -0.905. The quantitative estimate of drug-likeness (QED) is 0.602. The van der Waals surface area contributed by atoms with E-state index in [0.717, 1.165) is 0 Å². The Labute approximate surface area is 134 Å². The Morgan fingerprint density at radius 3 is 2.13 bits per heavy atom. The van der Waals surface area contributed by atoms with Crippen molar-refractivity contribution in [3.05, 3.63) is 53.7 Å². The first-order valence-electron chi connectivity index (χ1n) is 6.94. The van der Waals surface area contributed by atoms with Crippen molar-refractivity contribution < 1.29 is 23.8 Å². The van der Waals surface area contributed by atoms with E-state index in [-0.39, 0.29) is 11.3 Å². The Morgan fingerprint density at radius 2 is 1.61 bits per heavy atom. The number of hydrogen-bond acceptors (Lipinski definition) is 6. The first-order chi connectivity index (χ1) is 11.0. The van der Waals surface area contributed by atoms with Gasteiger partial charge < -0.3 is 14.2 Å². The molecule has 0 saturated heterocycles. The molecule has 6 heteroatoms. The molecule has 0 amide bonds.